The average Bonchev–Trinajstić information content (AvgIpc) is 3.23. The number of allylic oxidation sites excluding steroid dienone is 5. The molecule has 0 amide bonds. The summed E-state index contributed by atoms with van der Waals surface area (Å²) < 4.78 is 0. The van der Waals surface area contributed by atoms with Crippen LogP contribution in [0.1, 0.15) is 125 Å². The van der Waals surface area contributed by atoms with Gasteiger partial charge < -0.3 is 14.7 Å². The lowest BCUT2D eigenvalue weighted by atomic mass is 9.33. The predicted molar refractivity (Wildman–Crippen MR) is 271 cm³/mol. The highest BCUT2D eigenvalue weighted by Crippen LogP contribution is 2.48. The molecule has 9 rings (SSSR count). The van der Waals surface area contributed by atoms with E-state index in [4.69, 9.17) is 0 Å². The number of hydrogen-bond acceptors (Lipinski definition) is 3. The minimum Gasteiger partial charge on any atom is -0.334 e. The molecule has 316 valence electrons. The highest BCUT2D eigenvalue weighted by Gasteiger charge is 2.45. The summed E-state index contributed by atoms with van der Waals surface area (Å²) in [7, 11) is 0. The van der Waals surface area contributed by atoms with Crippen LogP contribution in [0.2, 0.25) is 0 Å². The zero-order chi connectivity index (χ0) is 43.9. The van der Waals surface area contributed by atoms with Gasteiger partial charge >= 0.3 is 0 Å². The fourth-order valence-corrected chi connectivity index (χ4v) is 9.91. The molecule has 0 radical (unpaired) electrons. The van der Waals surface area contributed by atoms with Crippen LogP contribution in [0.4, 0.5) is 39.8 Å². The molecular formula is C58H66BN3. The van der Waals surface area contributed by atoms with Crippen molar-refractivity contribution in [2.24, 2.45) is 0 Å². The Hall–Kier alpha value is -5.48. The largest absolute Gasteiger partial charge is 0.334 e. The second-order valence-electron chi connectivity index (χ2n) is 22.2. The highest BCUT2D eigenvalue weighted by molar-refractivity contribution is 7.00. The second-order valence-corrected chi connectivity index (χ2v) is 22.2. The molecule has 3 nitrogen and oxygen atoms in total. The van der Waals surface area contributed by atoms with E-state index in [1.165, 1.54) is 84.2 Å². The average molecular weight is 816 g/mol. The van der Waals surface area contributed by atoms with Gasteiger partial charge in [-0.3, -0.25) is 0 Å². The van der Waals surface area contributed by atoms with Crippen molar-refractivity contribution >= 4 is 62.9 Å². The molecule has 0 bridgehead atoms. The van der Waals surface area contributed by atoms with Crippen LogP contribution in [-0.4, -0.2) is 12.8 Å². The normalized spacial score (nSPS) is 17.1. The Morgan fingerprint density at radius 3 is 1.37 bits per heavy atom. The topological polar surface area (TPSA) is 9.72 Å². The van der Waals surface area contributed by atoms with Crippen LogP contribution in [0.15, 0.2) is 145 Å². The van der Waals surface area contributed by atoms with Gasteiger partial charge in [0.1, 0.15) is 0 Å². The van der Waals surface area contributed by atoms with E-state index in [9.17, 15) is 0 Å². The van der Waals surface area contributed by atoms with E-state index in [-0.39, 0.29) is 34.4 Å². The maximum absolute atomic E-state index is 2.61. The molecule has 0 spiro atoms. The van der Waals surface area contributed by atoms with E-state index in [1.54, 1.807) is 0 Å². The lowest BCUT2D eigenvalue weighted by Crippen LogP contribution is -2.61. The molecule has 2 aliphatic heterocycles. The van der Waals surface area contributed by atoms with Crippen molar-refractivity contribution in [2.45, 2.75) is 130 Å². The molecule has 0 aromatic heterocycles. The van der Waals surface area contributed by atoms with Crippen molar-refractivity contribution in [1.29, 1.82) is 0 Å². The Bertz CT molecular complexity index is 2500. The van der Waals surface area contributed by atoms with Gasteiger partial charge in [-0.25, -0.2) is 0 Å². The van der Waals surface area contributed by atoms with Crippen molar-refractivity contribution in [3.05, 3.63) is 168 Å². The lowest BCUT2D eigenvalue weighted by molar-refractivity contribution is 0.590. The Labute approximate surface area is 373 Å². The van der Waals surface area contributed by atoms with Gasteiger partial charge in [0.2, 0.25) is 0 Å². The molecule has 2 aliphatic carbocycles. The summed E-state index contributed by atoms with van der Waals surface area (Å²) in [5, 5.41) is 0. The maximum Gasteiger partial charge on any atom is 0.252 e. The van der Waals surface area contributed by atoms with Crippen LogP contribution < -0.4 is 31.1 Å². The third-order valence-electron chi connectivity index (χ3n) is 13.6. The summed E-state index contributed by atoms with van der Waals surface area (Å²) in [4.78, 5) is 7.79. The molecule has 1 atom stereocenters. The highest BCUT2D eigenvalue weighted by atomic mass is 15.2. The Morgan fingerprint density at radius 1 is 0.500 bits per heavy atom. The summed E-state index contributed by atoms with van der Waals surface area (Å²) in [5.74, 6) is 0. The first-order valence-corrected chi connectivity index (χ1v) is 23.1. The molecule has 5 aromatic rings. The molecular weight excluding hydrogens is 749 g/mol. The fraction of sp³-hybridized carbons (Fsp3) is 0.345. The molecule has 62 heavy (non-hydrogen) atoms. The van der Waals surface area contributed by atoms with Crippen molar-refractivity contribution in [3.63, 3.8) is 0 Å². The predicted octanol–water partition coefficient (Wildman–Crippen LogP) is 13.9. The first kappa shape index (κ1) is 41.9. The fourth-order valence-electron chi connectivity index (χ4n) is 9.91. The van der Waals surface area contributed by atoms with Crippen molar-refractivity contribution in [1.82, 2.24) is 0 Å². The number of hydrogen-bond donors (Lipinski definition) is 0. The summed E-state index contributed by atoms with van der Waals surface area (Å²) in [5.41, 5.74) is 19.4. The smallest absolute Gasteiger partial charge is 0.252 e. The van der Waals surface area contributed by atoms with Gasteiger partial charge in [-0.2, -0.15) is 0 Å². The van der Waals surface area contributed by atoms with E-state index in [1.807, 2.05) is 0 Å². The van der Waals surface area contributed by atoms with Gasteiger partial charge in [-0.05, 0) is 134 Å². The Morgan fingerprint density at radius 2 is 0.968 bits per heavy atom. The molecule has 4 heteroatoms. The zero-order valence-electron chi connectivity index (χ0n) is 39.4. The van der Waals surface area contributed by atoms with Gasteiger partial charge in [0, 0.05) is 45.5 Å². The second kappa shape index (κ2) is 15.1. The lowest BCUT2D eigenvalue weighted by Gasteiger charge is -2.46. The minimum absolute atomic E-state index is 0.0174. The van der Waals surface area contributed by atoms with Crippen molar-refractivity contribution < 1.29 is 0 Å². The van der Waals surface area contributed by atoms with Crippen LogP contribution in [0.25, 0.3) is 0 Å². The van der Waals surface area contributed by atoms with Gasteiger partial charge in [-0.15, -0.1) is 0 Å². The van der Waals surface area contributed by atoms with E-state index in [0.29, 0.717) is 0 Å². The van der Waals surface area contributed by atoms with E-state index >= 15 is 0 Å². The van der Waals surface area contributed by atoms with E-state index < -0.39 is 0 Å². The number of rotatable bonds is 5. The monoisotopic (exact) mass is 816 g/mol. The number of nitrogens with zero attached hydrogens (tertiary/aromatic N) is 3. The number of anilines is 7. The van der Waals surface area contributed by atoms with Crippen LogP contribution in [0, 0.1) is 0 Å². The summed E-state index contributed by atoms with van der Waals surface area (Å²) >= 11 is 0. The molecule has 5 aromatic carbocycles. The Kier molecular flexibility index (Phi) is 10.2. The molecule has 4 aliphatic rings. The molecule has 0 N–H and O–H groups in total. The maximum atomic E-state index is 2.61. The van der Waals surface area contributed by atoms with Gasteiger partial charge in [0.15, 0.2) is 0 Å². The van der Waals surface area contributed by atoms with Gasteiger partial charge in [0.25, 0.3) is 6.71 Å². The van der Waals surface area contributed by atoms with Crippen molar-refractivity contribution in [3.8, 4) is 0 Å². The minimum atomic E-state index is -0.0174. The first-order valence-electron chi connectivity index (χ1n) is 23.1. The SMILES string of the molecule is CC(C)(C)c1ccc(N2c3ccc(C(C)(C)C)cc3B3c4cc(C(C)(C)C)ccc4N(c4ccc(C(C)(C)C)cc4)c4cc(N(C5=CCCC=C5)C5C=CC=CC5)cc2c43)cc1. The van der Waals surface area contributed by atoms with E-state index in [0.717, 1.165) is 19.3 Å². The van der Waals surface area contributed by atoms with Crippen LogP contribution in [-0.2, 0) is 21.7 Å². The molecule has 0 saturated carbocycles. The van der Waals surface area contributed by atoms with E-state index in [2.05, 4.69) is 237 Å². The molecule has 2 heterocycles. The standard InChI is InChI=1S/C58H66BN3/c1-55(2,3)39-23-29-45(30-24-39)61-50-33-27-41(57(7,8)9)35-48(50)59-49-36-42(58(10,11)12)28-34-51(49)62(46-31-25-40(26-32-46)56(4,5)6)53-38-47(37-52(61)54(53)59)60(43-19-15-13-16-20-43)44-21-17-14-18-22-44/h13,15-17,19,21-38,43H,14,18,20H2,1-12H3. The molecule has 0 saturated heterocycles. The van der Waals surface area contributed by atoms with Crippen molar-refractivity contribution in [2.75, 3.05) is 14.7 Å². The number of fused-ring (bicyclic) bond motifs is 4. The Balaban J connectivity index is 1.41. The van der Waals surface area contributed by atoms with Crippen LogP contribution in [0.3, 0.4) is 0 Å². The molecule has 0 fully saturated rings. The first-order chi connectivity index (χ1) is 29.3. The zero-order valence-corrected chi connectivity index (χ0v) is 39.4. The van der Waals surface area contributed by atoms with Gasteiger partial charge in [-0.1, -0.05) is 168 Å². The van der Waals surface area contributed by atoms with Gasteiger partial charge in [0.05, 0.1) is 6.04 Å². The number of benzene rings is 5. The summed E-state index contributed by atoms with van der Waals surface area (Å²) in [6.07, 6.45) is 19.3. The van der Waals surface area contributed by atoms with Crippen LogP contribution >= 0.6 is 0 Å². The quantitative estimate of drug-likeness (QED) is 0.160. The van der Waals surface area contributed by atoms with Crippen LogP contribution in [0.5, 0.6) is 0 Å². The molecule has 1 unspecified atom stereocenters. The summed E-state index contributed by atoms with van der Waals surface area (Å²) in [6.45, 7) is 27.9. The third-order valence-corrected chi connectivity index (χ3v) is 13.6. The summed E-state index contributed by atoms with van der Waals surface area (Å²) in [6, 6.07) is 38.8. The third kappa shape index (κ3) is 7.48.